The fraction of sp³-hybridized carbons (Fsp3) is 0.556. The Balaban J connectivity index is 1.56. The summed E-state index contributed by atoms with van der Waals surface area (Å²) in [4.78, 5) is 25.3. The molecule has 0 aliphatic carbocycles. The van der Waals surface area contributed by atoms with Crippen LogP contribution in [0.2, 0.25) is 0 Å². The van der Waals surface area contributed by atoms with E-state index in [0.29, 0.717) is 26.1 Å². The first-order valence-corrected chi connectivity index (χ1v) is 10.5. The number of amides is 2. The number of carbonyl (C=O) groups excluding carboxylic acids is 1. The highest BCUT2D eigenvalue weighted by molar-refractivity contribution is 7.89. The Kier molecular flexibility index (Phi) is 5.43. The lowest BCUT2D eigenvalue weighted by molar-refractivity contribution is -0.147. The molecular formula is C18H25N3O5S. The zero-order chi connectivity index (χ0) is 19.7. The molecule has 0 radical (unpaired) electrons. The number of urea groups is 1. The van der Waals surface area contributed by atoms with E-state index < -0.39 is 21.4 Å². The van der Waals surface area contributed by atoms with Crippen molar-refractivity contribution in [2.45, 2.75) is 37.6 Å². The second-order valence-electron chi connectivity index (χ2n) is 7.45. The van der Waals surface area contributed by atoms with Crippen molar-refractivity contribution in [1.82, 2.24) is 14.5 Å². The number of likely N-dealkylation sites (tertiary alicyclic amines) is 1. The van der Waals surface area contributed by atoms with Gasteiger partial charge in [0.05, 0.1) is 10.3 Å². The number of hydrogen-bond acceptors (Lipinski definition) is 4. The number of carboxylic acid groups (broad SMARTS) is 1. The number of rotatable bonds is 5. The third-order valence-electron chi connectivity index (χ3n) is 5.35. The molecular weight excluding hydrogens is 370 g/mol. The minimum Gasteiger partial charge on any atom is -0.481 e. The maximum atomic E-state index is 12.5. The summed E-state index contributed by atoms with van der Waals surface area (Å²) in [6, 6.07) is 6.19. The van der Waals surface area contributed by atoms with Gasteiger partial charge in [-0.2, -0.15) is 4.31 Å². The molecule has 2 saturated heterocycles. The van der Waals surface area contributed by atoms with Crippen molar-refractivity contribution in [2.24, 2.45) is 5.41 Å². The predicted octanol–water partition coefficient (Wildman–Crippen LogP) is 1.48. The number of carbonyl (C=O) groups is 2. The summed E-state index contributed by atoms with van der Waals surface area (Å²) in [6.07, 6.45) is 2.21. The molecule has 9 heteroatoms. The van der Waals surface area contributed by atoms with Crippen LogP contribution in [0.3, 0.4) is 0 Å². The first-order valence-electron chi connectivity index (χ1n) is 9.08. The highest BCUT2D eigenvalue weighted by Crippen LogP contribution is 2.30. The van der Waals surface area contributed by atoms with Crippen molar-refractivity contribution in [3.63, 3.8) is 0 Å². The highest BCUT2D eigenvalue weighted by atomic mass is 32.2. The summed E-state index contributed by atoms with van der Waals surface area (Å²) in [6.45, 7) is 3.60. The van der Waals surface area contributed by atoms with Gasteiger partial charge in [0.25, 0.3) is 0 Å². The average molecular weight is 395 g/mol. The van der Waals surface area contributed by atoms with Gasteiger partial charge in [-0.1, -0.05) is 12.1 Å². The minimum absolute atomic E-state index is 0.182. The van der Waals surface area contributed by atoms with Crippen molar-refractivity contribution in [2.75, 3.05) is 26.2 Å². The average Bonchev–Trinajstić information content (AvgIpc) is 3.31. The summed E-state index contributed by atoms with van der Waals surface area (Å²) in [7, 11) is -3.44. The molecule has 2 aliphatic heterocycles. The highest BCUT2D eigenvalue weighted by Gasteiger charge is 2.42. The monoisotopic (exact) mass is 395 g/mol. The molecule has 1 unspecified atom stereocenters. The van der Waals surface area contributed by atoms with Crippen LogP contribution in [-0.4, -0.2) is 60.9 Å². The first-order chi connectivity index (χ1) is 12.7. The van der Waals surface area contributed by atoms with Crippen molar-refractivity contribution in [3.05, 3.63) is 29.8 Å². The first kappa shape index (κ1) is 19.6. The van der Waals surface area contributed by atoms with Gasteiger partial charge in [0.15, 0.2) is 0 Å². The third-order valence-corrected chi connectivity index (χ3v) is 7.26. The SMILES string of the molecule is CC1(C(=O)O)CCN(C(=O)NCc2ccc(S(=O)(=O)N3CCCC3)cc2)C1. The summed E-state index contributed by atoms with van der Waals surface area (Å²) >= 11 is 0. The number of benzene rings is 1. The van der Waals surface area contributed by atoms with Crippen LogP contribution in [0, 0.1) is 5.41 Å². The fourth-order valence-corrected chi connectivity index (χ4v) is 4.97. The number of sulfonamides is 1. The molecule has 1 aromatic carbocycles. The van der Waals surface area contributed by atoms with Gasteiger partial charge in [-0.25, -0.2) is 13.2 Å². The van der Waals surface area contributed by atoms with Crippen LogP contribution in [-0.2, 0) is 21.4 Å². The third kappa shape index (κ3) is 4.08. The smallest absolute Gasteiger partial charge is 0.317 e. The maximum absolute atomic E-state index is 12.5. The lowest BCUT2D eigenvalue weighted by Crippen LogP contribution is -2.40. The molecule has 0 saturated carbocycles. The van der Waals surface area contributed by atoms with Crippen LogP contribution in [0.1, 0.15) is 31.7 Å². The molecule has 2 amide bonds. The molecule has 0 bridgehead atoms. The largest absolute Gasteiger partial charge is 0.481 e. The van der Waals surface area contributed by atoms with E-state index in [9.17, 15) is 23.1 Å². The van der Waals surface area contributed by atoms with Crippen LogP contribution in [0.5, 0.6) is 0 Å². The number of carboxylic acids is 1. The van der Waals surface area contributed by atoms with Crippen molar-refractivity contribution < 1.29 is 23.1 Å². The van der Waals surface area contributed by atoms with Crippen LogP contribution in [0.4, 0.5) is 4.79 Å². The molecule has 2 fully saturated rings. The van der Waals surface area contributed by atoms with Crippen LogP contribution in [0.15, 0.2) is 29.2 Å². The minimum atomic E-state index is -3.44. The Morgan fingerprint density at radius 1 is 1.15 bits per heavy atom. The van der Waals surface area contributed by atoms with Gasteiger partial charge >= 0.3 is 12.0 Å². The lowest BCUT2D eigenvalue weighted by atomic mass is 9.90. The zero-order valence-electron chi connectivity index (χ0n) is 15.3. The number of hydrogen-bond donors (Lipinski definition) is 2. The quantitative estimate of drug-likeness (QED) is 0.785. The van der Waals surface area contributed by atoms with Crippen molar-refractivity contribution in [3.8, 4) is 0 Å². The molecule has 148 valence electrons. The standard InChI is InChI=1S/C18H25N3O5S/c1-18(16(22)23)8-11-20(13-18)17(24)19-12-14-4-6-15(7-5-14)27(25,26)21-9-2-3-10-21/h4-7H,2-3,8-13H2,1H3,(H,19,24)(H,22,23). The summed E-state index contributed by atoms with van der Waals surface area (Å²) in [5.74, 6) is -0.896. The van der Waals surface area contributed by atoms with Gasteiger partial charge in [0.2, 0.25) is 10.0 Å². The van der Waals surface area contributed by atoms with E-state index in [1.165, 1.54) is 9.21 Å². The molecule has 3 rings (SSSR count). The van der Waals surface area contributed by atoms with Gasteiger partial charge in [0, 0.05) is 32.7 Å². The Morgan fingerprint density at radius 2 is 1.78 bits per heavy atom. The van der Waals surface area contributed by atoms with Crippen LogP contribution < -0.4 is 5.32 Å². The maximum Gasteiger partial charge on any atom is 0.317 e. The van der Waals surface area contributed by atoms with E-state index in [1.807, 2.05) is 0 Å². The molecule has 2 aliphatic rings. The number of nitrogens with zero attached hydrogens (tertiary/aromatic N) is 2. The summed E-state index contributed by atoms with van der Waals surface area (Å²) in [5, 5.41) is 12.0. The normalized spacial score (nSPS) is 23.5. The van der Waals surface area contributed by atoms with Gasteiger partial charge in [-0.15, -0.1) is 0 Å². The van der Waals surface area contributed by atoms with E-state index in [0.717, 1.165) is 18.4 Å². The van der Waals surface area contributed by atoms with Gasteiger partial charge < -0.3 is 15.3 Å². The molecule has 1 aromatic rings. The van der Waals surface area contributed by atoms with E-state index in [2.05, 4.69) is 5.32 Å². The topological polar surface area (TPSA) is 107 Å². The molecule has 0 spiro atoms. The fourth-order valence-electron chi connectivity index (χ4n) is 3.46. The van der Waals surface area contributed by atoms with Crippen molar-refractivity contribution in [1.29, 1.82) is 0 Å². The van der Waals surface area contributed by atoms with E-state index in [4.69, 9.17) is 0 Å². The van der Waals surface area contributed by atoms with Gasteiger partial charge in [0.1, 0.15) is 0 Å². The Bertz CT molecular complexity index is 818. The molecule has 2 N–H and O–H groups in total. The second-order valence-corrected chi connectivity index (χ2v) is 9.39. The molecule has 27 heavy (non-hydrogen) atoms. The van der Waals surface area contributed by atoms with E-state index in [1.54, 1.807) is 31.2 Å². The molecule has 2 heterocycles. The summed E-state index contributed by atoms with van der Waals surface area (Å²) < 4.78 is 26.5. The van der Waals surface area contributed by atoms with Gasteiger partial charge in [-0.05, 0) is 43.9 Å². The summed E-state index contributed by atoms with van der Waals surface area (Å²) in [5.41, 5.74) is -0.118. The molecule has 0 aromatic heterocycles. The Labute approximate surface area is 159 Å². The van der Waals surface area contributed by atoms with Gasteiger partial charge in [-0.3, -0.25) is 4.79 Å². The van der Waals surface area contributed by atoms with Crippen LogP contribution in [0.25, 0.3) is 0 Å². The number of nitrogens with one attached hydrogen (secondary N) is 1. The Morgan fingerprint density at radius 3 is 2.33 bits per heavy atom. The van der Waals surface area contributed by atoms with E-state index >= 15 is 0 Å². The number of aliphatic carboxylic acids is 1. The molecule has 8 nitrogen and oxygen atoms in total. The zero-order valence-corrected chi connectivity index (χ0v) is 16.2. The predicted molar refractivity (Wildman–Crippen MR) is 98.6 cm³/mol. The van der Waals surface area contributed by atoms with E-state index in [-0.39, 0.29) is 24.0 Å². The molecule has 1 atom stereocenters. The second kappa shape index (κ2) is 7.47. The van der Waals surface area contributed by atoms with Crippen LogP contribution >= 0.6 is 0 Å². The Hall–Kier alpha value is -2.13. The van der Waals surface area contributed by atoms with Crippen molar-refractivity contribution >= 4 is 22.0 Å². The lowest BCUT2D eigenvalue weighted by Gasteiger charge is -2.20.